The zero-order chi connectivity index (χ0) is 22.3. The van der Waals surface area contributed by atoms with Gasteiger partial charge in [-0.25, -0.2) is 9.67 Å². The Balaban J connectivity index is 1.51. The number of anilines is 1. The van der Waals surface area contributed by atoms with E-state index in [0.29, 0.717) is 16.4 Å². The molecule has 0 bridgehead atoms. The summed E-state index contributed by atoms with van der Waals surface area (Å²) in [4.78, 5) is 16.8. The number of ether oxygens (including phenoxy) is 1. The summed E-state index contributed by atoms with van der Waals surface area (Å²) in [6.45, 7) is 0.0922. The summed E-state index contributed by atoms with van der Waals surface area (Å²) in [7, 11) is 1.63. The molecule has 4 aromatic rings. The molecule has 1 atom stereocenters. The molecule has 2 N–H and O–H groups in total. The van der Waals surface area contributed by atoms with Crippen LogP contribution in [0.5, 0.6) is 5.75 Å². The maximum absolute atomic E-state index is 12.8. The molecule has 162 valence electrons. The lowest BCUT2D eigenvalue weighted by Crippen LogP contribution is -2.32. The van der Waals surface area contributed by atoms with Gasteiger partial charge in [-0.05, 0) is 41.5 Å². The predicted molar refractivity (Wildman–Crippen MR) is 124 cm³/mol. The number of halogens is 1. The van der Waals surface area contributed by atoms with Crippen LogP contribution in [-0.2, 0) is 4.79 Å². The van der Waals surface area contributed by atoms with Gasteiger partial charge in [-0.1, -0.05) is 54.1 Å². The van der Waals surface area contributed by atoms with Gasteiger partial charge in [0, 0.05) is 5.02 Å². The van der Waals surface area contributed by atoms with Gasteiger partial charge in [0.15, 0.2) is 0 Å². The van der Waals surface area contributed by atoms with E-state index in [9.17, 15) is 4.79 Å². The first kappa shape index (κ1) is 21.5. The second kappa shape index (κ2) is 10.1. The topological polar surface area (TPSA) is 81.1 Å². The molecule has 0 aliphatic heterocycles. The number of benzene rings is 3. The van der Waals surface area contributed by atoms with Crippen LogP contribution in [0.1, 0.15) is 17.2 Å². The average molecular weight is 448 g/mol. The van der Waals surface area contributed by atoms with E-state index < -0.39 is 0 Å². The molecule has 7 nitrogen and oxygen atoms in total. The van der Waals surface area contributed by atoms with Gasteiger partial charge < -0.3 is 10.1 Å². The summed E-state index contributed by atoms with van der Waals surface area (Å²) in [6.07, 6.45) is 2.99. The van der Waals surface area contributed by atoms with Crippen molar-refractivity contribution in [1.29, 1.82) is 0 Å². The number of rotatable bonds is 8. The molecule has 0 unspecified atom stereocenters. The van der Waals surface area contributed by atoms with Crippen molar-refractivity contribution in [2.24, 2.45) is 0 Å². The number of methoxy groups -OCH3 is 1. The van der Waals surface area contributed by atoms with E-state index >= 15 is 0 Å². The normalized spacial score (nSPS) is 11.7. The summed E-state index contributed by atoms with van der Waals surface area (Å²) in [6, 6.07) is 22.8. The highest BCUT2D eigenvalue weighted by molar-refractivity contribution is 6.31. The van der Waals surface area contributed by atoms with Crippen molar-refractivity contribution in [3.8, 4) is 11.4 Å². The summed E-state index contributed by atoms with van der Waals surface area (Å²) in [5.41, 5.74) is 3.30. The molecule has 4 rings (SSSR count). The number of nitrogens with zero attached hydrogens (tertiary/aromatic N) is 3. The van der Waals surface area contributed by atoms with Gasteiger partial charge in [0.1, 0.15) is 18.4 Å². The first-order valence-electron chi connectivity index (χ1n) is 10.0. The van der Waals surface area contributed by atoms with E-state index in [1.165, 1.54) is 6.33 Å². The van der Waals surface area contributed by atoms with E-state index in [-0.39, 0.29) is 18.5 Å². The fourth-order valence-electron chi connectivity index (χ4n) is 3.40. The number of amides is 1. The number of aromatic nitrogens is 3. The van der Waals surface area contributed by atoms with Crippen LogP contribution in [0.25, 0.3) is 5.69 Å². The standard InChI is InChI=1S/C24H22ClN5O2/c1-32-20-10-7-18(8-11-20)24(17-5-3-2-4-6-17)27-14-23(31)29-21-13-19(25)9-12-22(21)30-16-26-15-28-30/h2-13,15-16,24,27H,14H2,1H3,(H,29,31)/t24-/m0/s1. The predicted octanol–water partition coefficient (Wildman–Crippen LogP) is 4.25. The number of nitrogens with one attached hydrogen (secondary N) is 2. The van der Waals surface area contributed by atoms with Crippen LogP contribution in [-0.4, -0.2) is 34.3 Å². The number of hydrogen-bond donors (Lipinski definition) is 2. The van der Waals surface area contributed by atoms with Crippen LogP contribution in [0.4, 0.5) is 5.69 Å². The van der Waals surface area contributed by atoms with Crippen LogP contribution in [0, 0.1) is 0 Å². The molecule has 3 aromatic carbocycles. The minimum atomic E-state index is -0.205. The van der Waals surface area contributed by atoms with Crippen molar-refractivity contribution in [3.63, 3.8) is 0 Å². The van der Waals surface area contributed by atoms with E-state index in [0.717, 1.165) is 16.9 Å². The first-order valence-corrected chi connectivity index (χ1v) is 10.4. The molecule has 0 aliphatic rings. The molecule has 1 heterocycles. The van der Waals surface area contributed by atoms with Crippen LogP contribution < -0.4 is 15.4 Å². The zero-order valence-corrected chi connectivity index (χ0v) is 18.2. The Hall–Kier alpha value is -3.68. The van der Waals surface area contributed by atoms with Crippen molar-refractivity contribution < 1.29 is 9.53 Å². The van der Waals surface area contributed by atoms with Crippen LogP contribution in [0.15, 0.2) is 85.5 Å². The van der Waals surface area contributed by atoms with Crippen molar-refractivity contribution in [2.75, 3.05) is 19.0 Å². The Morgan fingerprint density at radius 2 is 1.81 bits per heavy atom. The first-order chi connectivity index (χ1) is 15.6. The molecular weight excluding hydrogens is 426 g/mol. The Labute approximate surface area is 191 Å². The third-order valence-electron chi connectivity index (χ3n) is 4.95. The van der Waals surface area contributed by atoms with Crippen molar-refractivity contribution >= 4 is 23.2 Å². The minimum absolute atomic E-state index is 0.0922. The van der Waals surface area contributed by atoms with Gasteiger partial charge in [0.25, 0.3) is 0 Å². The molecule has 0 fully saturated rings. The van der Waals surface area contributed by atoms with E-state index in [4.69, 9.17) is 16.3 Å². The number of hydrogen-bond acceptors (Lipinski definition) is 5. The molecule has 0 saturated carbocycles. The molecule has 0 spiro atoms. The third kappa shape index (κ3) is 5.14. The largest absolute Gasteiger partial charge is 0.497 e. The Morgan fingerprint density at radius 1 is 1.06 bits per heavy atom. The summed E-state index contributed by atoms with van der Waals surface area (Å²) in [5, 5.41) is 10.9. The monoisotopic (exact) mass is 447 g/mol. The van der Waals surface area contributed by atoms with E-state index in [1.54, 1.807) is 36.3 Å². The highest BCUT2D eigenvalue weighted by Crippen LogP contribution is 2.25. The van der Waals surface area contributed by atoms with Gasteiger partial charge in [-0.3, -0.25) is 10.1 Å². The van der Waals surface area contributed by atoms with E-state index in [1.807, 2.05) is 54.6 Å². The van der Waals surface area contributed by atoms with Crippen molar-refractivity contribution in [1.82, 2.24) is 20.1 Å². The molecule has 0 saturated heterocycles. The fraction of sp³-hybridized carbons (Fsp3) is 0.125. The SMILES string of the molecule is COc1ccc([C@@H](NCC(=O)Nc2cc(Cl)ccc2-n2cncn2)c2ccccc2)cc1. The Bertz CT molecular complexity index is 1160. The zero-order valence-electron chi connectivity index (χ0n) is 17.4. The summed E-state index contributed by atoms with van der Waals surface area (Å²) in [5.74, 6) is 0.572. The maximum Gasteiger partial charge on any atom is 0.238 e. The fourth-order valence-corrected chi connectivity index (χ4v) is 3.57. The van der Waals surface area contributed by atoms with Crippen molar-refractivity contribution in [2.45, 2.75) is 6.04 Å². The van der Waals surface area contributed by atoms with Gasteiger partial charge in [-0.2, -0.15) is 5.10 Å². The van der Waals surface area contributed by atoms with Gasteiger partial charge >= 0.3 is 0 Å². The van der Waals surface area contributed by atoms with Gasteiger partial charge in [0.2, 0.25) is 5.91 Å². The third-order valence-corrected chi connectivity index (χ3v) is 5.18. The van der Waals surface area contributed by atoms with Crippen LogP contribution >= 0.6 is 11.6 Å². The lowest BCUT2D eigenvalue weighted by atomic mass is 9.98. The number of carbonyl (C=O) groups excluding carboxylic acids is 1. The molecule has 0 radical (unpaired) electrons. The molecule has 1 aromatic heterocycles. The van der Waals surface area contributed by atoms with Gasteiger partial charge in [0.05, 0.1) is 31.1 Å². The molecule has 1 amide bonds. The van der Waals surface area contributed by atoms with Crippen LogP contribution in [0.2, 0.25) is 5.02 Å². The molecule has 32 heavy (non-hydrogen) atoms. The van der Waals surface area contributed by atoms with Crippen molar-refractivity contribution in [3.05, 3.63) is 102 Å². The second-order valence-electron chi connectivity index (χ2n) is 7.05. The van der Waals surface area contributed by atoms with E-state index in [2.05, 4.69) is 20.7 Å². The maximum atomic E-state index is 12.8. The lowest BCUT2D eigenvalue weighted by molar-refractivity contribution is -0.115. The Morgan fingerprint density at radius 3 is 2.50 bits per heavy atom. The average Bonchev–Trinajstić information content (AvgIpc) is 3.35. The number of carbonyl (C=O) groups is 1. The summed E-state index contributed by atoms with van der Waals surface area (Å²) < 4.78 is 6.84. The molecule has 8 heteroatoms. The summed E-state index contributed by atoms with van der Waals surface area (Å²) >= 11 is 6.15. The molecular formula is C24H22ClN5O2. The molecule has 0 aliphatic carbocycles. The Kier molecular flexibility index (Phi) is 6.79. The highest BCUT2D eigenvalue weighted by atomic mass is 35.5. The smallest absolute Gasteiger partial charge is 0.238 e. The van der Waals surface area contributed by atoms with Crippen LogP contribution in [0.3, 0.4) is 0 Å². The minimum Gasteiger partial charge on any atom is -0.497 e. The quantitative estimate of drug-likeness (QED) is 0.422. The highest BCUT2D eigenvalue weighted by Gasteiger charge is 2.16. The second-order valence-corrected chi connectivity index (χ2v) is 7.48. The lowest BCUT2D eigenvalue weighted by Gasteiger charge is -2.20. The van der Waals surface area contributed by atoms with Gasteiger partial charge in [-0.15, -0.1) is 0 Å².